The first-order valence-electron chi connectivity index (χ1n) is 28.2. The van der Waals surface area contributed by atoms with Crippen molar-refractivity contribution in [3.05, 3.63) is 106 Å². The number of nitrogens with zero attached hydrogens (tertiary/aromatic N) is 2. The zero-order valence-corrected chi connectivity index (χ0v) is 50.0. The van der Waals surface area contributed by atoms with Gasteiger partial charge in [0.25, 0.3) is 0 Å². The number of amides is 7. The number of hydrogen-bond donors (Lipinski definition) is 7. The molecule has 0 aromatic heterocycles. The minimum Gasteiger partial charge on any atom is -0.351 e. The van der Waals surface area contributed by atoms with Gasteiger partial charge in [0.05, 0.1) is 24.2 Å². The third kappa shape index (κ3) is 16.0. The molecule has 0 unspecified atom stereocenters. The molecule has 7 amide bonds. The van der Waals surface area contributed by atoms with Crippen molar-refractivity contribution in [1.82, 2.24) is 47.0 Å². The Balaban J connectivity index is 0.00000588. The normalized spacial score (nSPS) is 22.1. The molecule has 7 N–H and O–H groups in total. The lowest BCUT2D eigenvalue weighted by atomic mass is 9.85. The third-order valence-electron chi connectivity index (χ3n) is 16.4. The van der Waals surface area contributed by atoms with Crippen molar-refractivity contribution in [2.45, 2.75) is 180 Å². The third-order valence-corrected chi connectivity index (χ3v) is 16.4. The summed E-state index contributed by atoms with van der Waals surface area (Å²) in [5.41, 5.74) is 4.42. The number of carbonyl (C=O) groups is 8. The molecule has 438 valence electrons. The summed E-state index contributed by atoms with van der Waals surface area (Å²) in [6, 6.07) is 17.6. The fraction of sp³-hybridized carbons (Fsp3) is 0.574. The van der Waals surface area contributed by atoms with E-state index in [-0.39, 0.29) is 123 Å². The quantitative estimate of drug-likeness (QED) is 0.0693. The Kier molecular flexibility index (Phi) is 22.9. The summed E-state index contributed by atoms with van der Waals surface area (Å²) in [6.45, 7) is 14.9. The van der Waals surface area contributed by atoms with Crippen LogP contribution in [-0.4, -0.2) is 126 Å². The fourth-order valence-corrected chi connectivity index (χ4v) is 11.6. The van der Waals surface area contributed by atoms with Crippen LogP contribution >= 0.6 is 24.8 Å². The van der Waals surface area contributed by atoms with Gasteiger partial charge in [-0.25, -0.2) is 0 Å². The van der Waals surface area contributed by atoms with Crippen LogP contribution in [0.3, 0.4) is 0 Å². The predicted molar refractivity (Wildman–Crippen MR) is 314 cm³/mol. The van der Waals surface area contributed by atoms with E-state index in [1.54, 1.807) is 45.0 Å². The number of aryl methyl sites for hydroxylation is 3. The van der Waals surface area contributed by atoms with E-state index in [1.165, 1.54) is 16.0 Å². The minimum atomic E-state index is -0.944. The van der Waals surface area contributed by atoms with Crippen molar-refractivity contribution in [1.29, 1.82) is 0 Å². The zero-order valence-electron chi connectivity index (χ0n) is 48.4. The van der Waals surface area contributed by atoms with Gasteiger partial charge in [-0.05, 0) is 130 Å². The molecule has 3 aromatic rings. The van der Waals surface area contributed by atoms with Crippen LogP contribution in [0.15, 0.2) is 72.8 Å². The molecule has 2 heterocycles. The number of ketones is 1. The number of likely N-dealkylation sites (N-methyl/N-ethyl adjacent to an activating group) is 2. The second kappa shape index (κ2) is 28.2. The van der Waals surface area contributed by atoms with Crippen molar-refractivity contribution in [3.8, 4) is 0 Å². The highest BCUT2D eigenvalue weighted by atomic mass is 35.5. The molecular formula is C61H87Cl2N9O8. The summed E-state index contributed by atoms with van der Waals surface area (Å²) < 4.78 is 0. The maximum Gasteiger partial charge on any atom is 0.246 e. The highest BCUT2D eigenvalue weighted by Crippen LogP contribution is 2.35. The summed E-state index contributed by atoms with van der Waals surface area (Å²) >= 11 is 0. The van der Waals surface area contributed by atoms with Gasteiger partial charge in [-0.3, -0.25) is 38.4 Å². The molecule has 2 saturated heterocycles. The standard InChI is InChI=1S/C61H85N9O8.2ClH/c1-36(62-9)54(73)67-52(60(3,4)5)58(77)69-34-39(31-48(69)56(75)65-46-23-15-19-40-17-11-13-21-44(40)46)32-50(71)42-28-25-38(26-29-42)27-30-51(72)64-43-33-49(57(76)66-47-24-16-20-41-18-12-14-22-45(41)47)70(35-43)59(78)53(61(6,7)8)68-55(74)37(2)63-10;;/h11-14,17-18,21-22,25-26,28-29,36-37,39,43,46-49,52-53,62-63H,15-16,19-20,23-24,27,30-35H2,1-10H3,(H,64,72)(H,65,75)(H,66,76)(H,67,73)(H,68,74);2*1H/t36-,37-,39+,43-,46+,47+,48-,49-,52+,53+;;/m0../s1. The van der Waals surface area contributed by atoms with Gasteiger partial charge in [0.1, 0.15) is 24.2 Å². The van der Waals surface area contributed by atoms with Crippen LogP contribution < -0.4 is 37.2 Å². The molecule has 19 heteroatoms. The number of rotatable bonds is 19. The number of carbonyl (C=O) groups excluding carboxylic acids is 8. The number of hydrogen-bond acceptors (Lipinski definition) is 10. The number of benzene rings is 3. The van der Waals surface area contributed by atoms with Crippen molar-refractivity contribution in [2.24, 2.45) is 16.7 Å². The molecule has 0 saturated carbocycles. The van der Waals surface area contributed by atoms with Crippen LogP contribution in [0, 0.1) is 16.7 Å². The van der Waals surface area contributed by atoms with E-state index < -0.39 is 59.0 Å². The topological polar surface area (TPSA) is 227 Å². The van der Waals surface area contributed by atoms with E-state index in [9.17, 15) is 38.4 Å². The average molecular weight is 1150 g/mol. The van der Waals surface area contributed by atoms with E-state index in [0.29, 0.717) is 12.0 Å². The van der Waals surface area contributed by atoms with Gasteiger partial charge in [-0.1, -0.05) is 114 Å². The monoisotopic (exact) mass is 1140 g/mol. The first-order chi connectivity index (χ1) is 37.0. The molecule has 10 atom stereocenters. The lowest BCUT2D eigenvalue weighted by Crippen LogP contribution is -2.59. The molecule has 3 aromatic carbocycles. The first kappa shape index (κ1) is 64.9. The number of likely N-dealkylation sites (tertiary alicyclic amines) is 2. The number of fused-ring (bicyclic) bond motifs is 2. The lowest BCUT2D eigenvalue weighted by Gasteiger charge is -2.36. The summed E-state index contributed by atoms with van der Waals surface area (Å²) in [5.74, 6) is -2.75. The van der Waals surface area contributed by atoms with Crippen LogP contribution in [0.2, 0.25) is 0 Å². The molecule has 0 bridgehead atoms. The zero-order chi connectivity index (χ0) is 56.6. The van der Waals surface area contributed by atoms with Crippen LogP contribution in [-0.2, 0) is 52.8 Å². The predicted octanol–water partition coefficient (Wildman–Crippen LogP) is 6.00. The Morgan fingerprint density at radius 2 is 1.04 bits per heavy atom. The highest BCUT2D eigenvalue weighted by molar-refractivity contribution is 5.98. The van der Waals surface area contributed by atoms with Gasteiger partial charge in [-0.15, -0.1) is 24.8 Å². The molecular weight excluding hydrogens is 1060 g/mol. The summed E-state index contributed by atoms with van der Waals surface area (Å²) in [5, 5.41) is 21.3. The van der Waals surface area contributed by atoms with Crippen molar-refractivity contribution in [2.75, 3.05) is 27.2 Å². The molecule has 7 rings (SSSR count). The van der Waals surface area contributed by atoms with E-state index in [0.717, 1.165) is 55.2 Å². The van der Waals surface area contributed by atoms with Gasteiger partial charge < -0.3 is 47.0 Å². The number of nitrogens with one attached hydrogen (secondary N) is 7. The van der Waals surface area contributed by atoms with E-state index >= 15 is 0 Å². The fourth-order valence-electron chi connectivity index (χ4n) is 11.6. The maximum absolute atomic E-state index is 14.6. The average Bonchev–Trinajstić information content (AvgIpc) is 4.05. The van der Waals surface area contributed by atoms with Crippen molar-refractivity contribution >= 4 is 71.9 Å². The van der Waals surface area contributed by atoms with Gasteiger partial charge >= 0.3 is 0 Å². The summed E-state index contributed by atoms with van der Waals surface area (Å²) in [6.07, 6.45) is 6.26. The Morgan fingerprint density at radius 1 is 0.588 bits per heavy atom. The van der Waals surface area contributed by atoms with Gasteiger partial charge in [0.2, 0.25) is 41.4 Å². The maximum atomic E-state index is 14.6. The molecule has 17 nitrogen and oxygen atoms in total. The molecule has 0 spiro atoms. The van der Waals surface area contributed by atoms with Gasteiger partial charge in [0, 0.05) is 37.5 Å². The van der Waals surface area contributed by atoms with E-state index in [1.807, 2.05) is 90.1 Å². The highest BCUT2D eigenvalue weighted by Gasteiger charge is 2.48. The largest absolute Gasteiger partial charge is 0.351 e. The Hall–Kier alpha value is -5.88. The van der Waals surface area contributed by atoms with Crippen LogP contribution in [0.5, 0.6) is 0 Å². The Bertz CT molecular complexity index is 2690. The number of Topliss-reactive ketones (excluding diaryl/α,β-unsaturated/α-hetero) is 1. The Labute approximate surface area is 485 Å². The smallest absolute Gasteiger partial charge is 0.246 e. The minimum absolute atomic E-state index is 0. The Morgan fingerprint density at radius 3 is 1.50 bits per heavy atom. The molecule has 4 aliphatic rings. The summed E-state index contributed by atoms with van der Waals surface area (Å²) in [4.78, 5) is 115. The van der Waals surface area contributed by atoms with Crippen LogP contribution in [0.1, 0.15) is 157 Å². The van der Waals surface area contributed by atoms with Gasteiger partial charge in [-0.2, -0.15) is 0 Å². The van der Waals surface area contributed by atoms with Gasteiger partial charge in [0.15, 0.2) is 5.78 Å². The second-order valence-corrected chi connectivity index (χ2v) is 24.4. The lowest BCUT2D eigenvalue weighted by molar-refractivity contribution is -0.144. The molecule has 2 aliphatic heterocycles. The molecule has 2 aliphatic carbocycles. The number of halogens is 2. The SMILES string of the molecule is CN[C@@H](C)C(=O)N[C@H](C(=O)N1C[C@@H](CC(=O)c2ccc(CCC(=O)N[C@H]3C[C@@H](C(=O)N[C@@H]4CCCc5ccccc54)N(C(=O)[C@@H](NC(=O)[C@H](C)NC)C(C)(C)C)C3)cc2)C[C@H]1C(=O)N[C@@H]1CCCc2ccccc21)C(C)(C)C.Cl.Cl. The van der Waals surface area contributed by atoms with Crippen LogP contribution in [0.25, 0.3) is 0 Å². The van der Waals surface area contributed by atoms with E-state index in [2.05, 4.69) is 49.4 Å². The molecule has 2 fully saturated rings. The molecule has 0 radical (unpaired) electrons. The molecule has 80 heavy (non-hydrogen) atoms. The summed E-state index contributed by atoms with van der Waals surface area (Å²) in [7, 11) is 3.34. The second-order valence-electron chi connectivity index (χ2n) is 24.4. The van der Waals surface area contributed by atoms with E-state index in [4.69, 9.17) is 0 Å². The van der Waals surface area contributed by atoms with Crippen molar-refractivity contribution in [3.63, 3.8) is 0 Å². The van der Waals surface area contributed by atoms with Crippen LogP contribution in [0.4, 0.5) is 0 Å². The van der Waals surface area contributed by atoms with Crippen molar-refractivity contribution < 1.29 is 38.4 Å². The first-order valence-corrected chi connectivity index (χ1v) is 28.2.